The van der Waals surface area contributed by atoms with Gasteiger partial charge < -0.3 is 10.1 Å². The lowest BCUT2D eigenvalue weighted by molar-refractivity contribution is 0.285. The van der Waals surface area contributed by atoms with E-state index >= 15 is 0 Å². The Morgan fingerprint density at radius 1 is 1.29 bits per heavy atom. The molecule has 3 aromatic heterocycles. The molecule has 17 heavy (non-hydrogen) atoms. The molecule has 86 valence electrons. The van der Waals surface area contributed by atoms with Crippen LogP contribution in [0.2, 0.25) is 0 Å². The van der Waals surface area contributed by atoms with Gasteiger partial charge in [-0.15, -0.1) is 11.3 Å². The van der Waals surface area contributed by atoms with Gasteiger partial charge in [-0.3, -0.25) is 0 Å². The zero-order chi connectivity index (χ0) is 11.7. The van der Waals surface area contributed by atoms with Gasteiger partial charge in [-0.2, -0.15) is 0 Å². The highest BCUT2D eigenvalue weighted by Crippen LogP contribution is 2.34. The van der Waals surface area contributed by atoms with Gasteiger partial charge in [0.05, 0.1) is 17.1 Å². The van der Waals surface area contributed by atoms with Gasteiger partial charge >= 0.3 is 0 Å². The maximum atomic E-state index is 9.02. The van der Waals surface area contributed by atoms with Crippen molar-refractivity contribution >= 4 is 34.3 Å². The van der Waals surface area contributed by atoms with Gasteiger partial charge in [0.1, 0.15) is 16.9 Å². The summed E-state index contributed by atoms with van der Waals surface area (Å²) < 4.78 is 1.09. The first-order valence-corrected chi connectivity index (χ1v) is 6.51. The van der Waals surface area contributed by atoms with Crippen molar-refractivity contribution in [2.24, 2.45) is 0 Å². The summed E-state index contributed by atoms with van der Waals surface area (Å²) in [4.78, 5) is 16.4. The molecule has 0 unspecified atom stereocenters. The number of aromatic nitrogens is 4. The van der Waals surface area contributed by atoms with E-state index in [2.05, 4.69) is 19.9 Å². The summed E-state index contributed by atoms with van der Waals surface area (Å²) in [5.74, 6) is 0. The average Bonchev–Trinajstić information content (AvgIpc) is 2.97. The first kappa shape index (κ1) is 10.7. The molecular weight excluding hydrogens is 256 g/mol. The molecule has 0 bridgehead atoms. The third-order valence-electron chi connectivity index (χ3n) is 2.18. The Morgan fingerprint density at radius 3 is 3.06 bits per heavy atom. The zero-order valence-electron chi connectivity index (χ0n) is 8.62. The number of aromatic amines is 1. The van der Waals surface area contributed by atoms with Crippen molar-refractivity contribution in [3.8, 4) is 0 Å². The van der Waals surface area contributed by atoms with Crippen LogP contribution < -0.4 is 0 Å². The van der Waals surface area contributed by atoms with E-state index in [1.807, 2.05) is 12.1 Å². The second-order valence-electron chi connectivity index (χ2n) is 3.26. The normalized spacial score (nSPS) is 11.1. The van der Waals surface area contributed by atoms with Crippen LogP contribution >= 0.6 is 23.1 Å². The molecule has 0 aromatic carbocycles. The van der Waals surface area contributed by atoms with E-state index in [4.69, 9.17) is 5.11 Å². The fourth-order valence-corrected chi connectivity index (χ4v) is 3.41. The molecular formula is C10H8N4OS2. The van der Waals surface area contributed by atoms with Crippen LogP contribution in [-0.4, -0.2) is 25.0 Å². The lowest BCUT2D eigenvalue weighted by Gasteiger charge is -1.97. The average molecular weight is 264 g/mol. The Bertz CT molecular complexity index is 648. The summed E-state index contributed by atoms with van der Waals surface area (Å²) in [5.41, 5.74) is 1.51. The number of nitrogens with one attached hydrogen (secondary N) is 1. The highest BCUT2D eigenvalue weighted by molar-refractivity contribution is 8.01. The van der Waals surface area contributed by atoms with Crippen LogP contribution in [0.4, 0.5) is 0 Å². The minimum atomic E-state index is 0.0778. The van der Waals surface area contributed by atoms with Crippen molar-refractivity contribution in [2.45, 2.75) is 15.8 Å². The SMILES string of the molecule is OCc1ccc(Sc2ncnc3nc[nH]c23)s1. The number of hydrogen-bond acceptors (Lipinski definition) is 6. The number of hydrogen-bond donors (Lipinski definition) is 2. The molecule has 0 amide bonds. The fourth-order valence-electron chi connectivity index (χ4n) is 1.41. The number of nitrogens with zero attached hydrogens (tertiary/aromatic N) is 3. The third kappa shape index (κ3) is 2.04. The number of imidazole rings is 1. The molecule has 3 aromatic rings. The van der Waals surface area contributed by atoms with Gasteiger partial charge in [0.25, 0.3) is 0 Å². The maximum absolute atomic E-state index is 9.02. The lowest BCUT2D eigenvalue weighted by Crippen LogP contribution is -1.84. The third-order valence-corrected chi connectivity index (χ3v) is 4.38. The Balaban J connectivity index is 1.96. The molecule has 0 aliphatic rings. The van der Waals surface area contributed by atoms with Crippen molar-refractivity contribution in [1.82, 2.24) is 19.9 Å². The van der Waals surface area contributed by atoms with E-state index in [1.165, 1.54) is 6.33 Å². The van der Waals surface area contributed by atoms with Crippen LogP contribution in [0.3, 0.4) is 0 Å². The molecule has 0 aliphatic carbocycles. The van der Waals surface area contributed by atoms with Crippen LogP contribution in [0.1, 0.15) is 4.88 Å². The summed E-state index contributed by atoms with van der Waals surface area (Å²) in [6.07, 6.45) is 3.11. The summed E-state index contributed by atoms with van der Waals surface area (Å²) in [6.45, 7) is 0.0778. The molecule has 0 spiro atoms. The van der Waals surface area contributed by atoms with Crippen molar-refractivity contribution < 1.29 is 5.11 Å². The number of thiophene rings is 1. The van der Waals surface area contributed by atoms with E-state index < -0.39 is 0 Å². The Hall–Kier alpha value is -1.44. The molecule has 0 saturated carbocycles. The molecule has 0 radical (unpaired) electrons. The monoisotopic (exact) mass is 264 g/mol. The Morgan fingerprint density at radius 2 is 2.24 bits per heavy atom. The van der Waals surface area contributed by atoms with Crippen LogP contribution in [-0.2, 0) is 6.61 Å². The lowest BCUT2D eigenvalue weighted by atomic mass is 10.5. The topological polar surface area (TPSA) is 74.7 Å². The van der Waals surface area contributed by atoms with Crippen LogP contribution in [0.25, 0.3) is 11.2 Å². The molecule has 0 fully saturated rings. The van der Waals surface area contributed by atoms with Gasteiger partial charge in [-0.1, -0.05) is 11.8 Å². The first-order chi connectivity index (χ1) is 8.36. The highest BCUT2D eigenvalue weighted by Gasteiger charge is 2.09. The van der Waals surface area contributed by atoms with Crippen LogP contribution in [0.5, 0.6) is 0 Å². The predicted molar refractivity (Wildman–Crippen MR) is 66.0 cm³/mol. The van der Waals surface area contributed by atoms with Gasteiger partial charge in [0.15, 0.2) is 5.65 Å². The molecule has 7 heteroatoms. The van der Waals surface area contributed by atoms with Crippen molar-refractivity contribution in [3.63, 3.8) is 0 Å². The van der Waals surface area contributed by atoms with Gasteiger partial charge in [-0.05, 0) is 12.1 Å². The second kappa shape index (κ2) is 4.44. The smallest absolute Gasteiger partial charge is 0.181 e. The predicted octanol–water partition coefficient (Wildman–Crippen LogP) is 2.06. The fraction of sp³-hybridized carbons (Fsp3) is 0.100. The number of aliphatic hydroxyl groups is 1. The van der Waals surface area contributed by atoms with Crippen LogP contribution in [0, 0.1) is 0 Å². The largest absolute Gasteiger partial charge is 0.391 e. The quantitative estimate of drug-likeness (QED) is 0.708. The van der Waals surface area contributed by atoms with Gasteiger partial charge in [-0.25, -0.2) is 15.0 Å². The van der Waals surface area contributed by atoms with E-state index in [-0.39, 0.29) is 6.61 Å². The van der Waals surface area contributed by atoms with E-state index in [0.29, 0.717) is 5.65 Å². The van der Waals surface area contributed by atoms with E-state index in [9.17, 15) is 0 Å². The molecule has 3 heterocycles. The van der Waals surface area contributed by atoms with Crippen LogP contribution in [0.15, 0.2) is 34.0 Å². The standard InChI is InChI=1S/C10H8N4OS2/c15-3-6-1-2-7(16-6)17-10-8-9(12-4-11-8)13-5-14-10/h1-2,4-5,15H,3H2,(H,11,12,13,14). The Kier molecular flexibility index (Phi) is 2.79. The number of fused-ring (bicyclic) bond motifs is 1. The Labute approximate surface area is 105 Å². The summed E-state index contributed by atoms with van der Waals surface area (Å²) >= 11 is 3.10. The highest BCUT2D eigenvalue weighted by atomic mass is 32.2. The number of H-pyrrole nitrogens is 1. The van der Waals surface area contributed by atoms with Crippen molar-refractivity contribution in [2.75, 3.05) is 0 Å². The summed E-state index contributed by atoms with van der Waals surface area (Å²) in [7, 11) is 0. The van der Waals surface area contributed by atoms with E-state index in [0.717, 1.165) is 19.6 Å². The molecule has 3 rings (SSSR count). The first-order valence-electron chi connectivity index (χ1n) is 4.88. The summed E-state index contributed by atoms with van der Waals surface area (Å²) in [5, 5.41) is 9.86. The van der Waals surface area contributed by atoms with Crippen molar-refractivity contribution in [3.05, 3.63) is 29.7 Å². The molecule has 0 saturated heterocycles. The minimum Gasteiger partial charge on any atom is -0.391 e. The number of rotatable bonds is 3. The number of aliphatic hydroxyl groups excluding tert-OH is 1. The molecule has 2 N–H and O–H groups in total. The van der Waals surface area contributed by atoms with Crippen molar-refractivity contribution in [1.29, 1.82) is 0 Å². The summed E-state index contributed by atoms with van der Waals surface area (Å²) in [6, 6.07) is 3.89. The van der Waals surface area contributed by atoms with E-state index in [1.54, 1.807) is 29.4 Å². The van der Waals surface area contributed by atoms with Gasteiger partial charge in [0, 0.05) is 4.88 Å². The van der Waals surface area contributed by atoms with Gasteiger partial charge in [0.2, 0.25) is 0 Å². The molecule has 0 atom stereocenters. The minimum absolute atomic E-state index is 0.0778. The second-order valence-corrected chi connectivity index (χ2v) is 5.72. The molecule has 0 aliphatic heterocycles. The zero-order valence-corrected chi connectivity index (χ0v) is 10.3. The maximum Gasteiger partial charge on any atom is 0.181 e. The molecule has 5 nitrogen and oxygen atoms in total.